The molecule has 0 N–H and O–H groups in total. The predicted molar refractivity (Wildman–Crippen MR) is 113 cm³/mol. The Balaban J connectivity index is 2.61. The third-order valence-electron chi connectivity index (χ3n) is 5.06. The van der Waals surface area contributed by atoms with Crippen molar-refractivity contribution in [3.63, 3.8) is 0 Å². The highest BCUT2D eigenvalue weighted by molar-refractivity contribution is 5.85. The van der Waals surface area contributed by atoms with Crippen molar-refractivity contribution in [1.82, 2.24) is 4.90 Å². The molecule has 1 unspecified atom stereocenters. The summed E-state index contributed by atoms with van der Waals surface area (Å²) in [5, 5.41) is 9.11. The average Bonchev–Trinajstić information content (AvgIpc) is 2.72. The van der Waals surface area contributed by atoms with Gasteiger partial charge < -0.3 is 14.5 Å². The van der Waals surface area contributed by atoms with Gasteiger partial charge in [0, 0.05) is 26.3 Å². The lowest BCUT2D eigenvalue weighted by atomic mass is 10.0. The molecule has 0 aliphatic carbocycles. The van der Waals surface area contributed by atoms with E-state index in [9.17, 15) is 18.0 Å². The molecule has 0 spiro atoms. The number of carbonyl (C=O) groups is 1. The molecular weight excluding hydrogens is 407 g/mol. The Bertz CT molecular complexity index is 981. The maximum atomic E-state index is 13.6. The van der Waals surface area contributed by atoms with Crippen LogP contribution in [0, 0.1) is 18.3 Å². The number of halogens is 3. The summed E-state index contributed by atoms with van der Waals surface area (Å²) in [6, 6.07) is 9.96. The van der Waals surface area contributed by atoms with Crippen LogP contribution in [0.15, 0.2) is 36.4 Å². The highest BCUT2D eigenvalue weighted by atomic mass is 19.4. The number of carbonyl (C=O) groups excluding carboxylic acids is 1. The Morgan fingerprint density at radius 2 is 1.87 bits per heavy atom. The Labute approximate surface area is 180 Å². The fourth-order valence-corrected chi connectivity index (χ4v) is 3.49. The lowest BCUT2D eigenvalue weighted by Gasteiger charge is -2.34. The first-order valence-electron chi connectivity index (χ1n) is 9.76. The van der Waals surface area contributed by atoms with Gasteiger partial charge in [-0.2, -0.15) is 18.4 Å². The molecule has 1 amide bonds. The number of hydrogen-bond donors (Lipinski definition) is 0. The molecule has 31 heavy (non-hydrogen) atoms. The Morgan fingerprint density at radius 3 is 2.35 bits per heavy atom. The summed E-state index contributed by atoms with van der Waals surface area (Å²) in [7, 11) is 4.79. The van der Waals surface area contributed by atoms with Crippen molar-refractivity contribution in [2.45, 2.75) is 39.0 Å². The lowest BCUT2D eigenvalue weighted by molar-refractivity contribution is -0.137. The maximum Gasteiger partial charge on any atom is 0.417 e. The summed E-state index contributed by atoms with van der Waals surface area (Å²) in [4.78, 5) is 15.9. The monoisotopic (exact) mass is 433 g/mol. The minimum Gasteiger partial charge on any atom is -0.496 e. The van der Waals surface area contributed by atoms with Crippen LogP contribution in [0.1, 0.15) is 35.6 Å². The Morgan fingerprint density at radius 1 is 1.19 bits per heavy atom. The second kappa shape index (κ2) is 9.73. The molecule has 0 aromatic heterocycles. The summed E-state index contributed by atoms with van der Waals surface area (Å²) in [6.07, 6.45) is -4.29. The van der Waals surface area contributed by atoms with Gasteiger partial charge in [-0.15, -0.1) is 0 Å². The van der Waals surface area contributed by atoms with Crippen LogP contribution in [0.5, 0.6) is 5.75 Å². The number of hydrogen-bond acceptors (Lipinski definition) is 4. The number of methoxy groups -OCH3 is 1. The summed E-state index contributed by atoms with van der Waals surface area (Å²) in [5.41, 5.74) is 0.449. The molecule has 0 heterocycles. The lowest BCUT2D eigenvalue weighted by Crippen LogP contribution is -2.46. The number of amides is 1. The number of benzene rings is 2. The summed E-state index contributed by atoms with van der Waals surface area (Å²) < 4.78 is 45.9. The molecule has 0 aliphatic rings. The van der Waals surface area contributed by atoms with Crippen molar-refractivity contribution in [1.29, 1.82) is 5.26 Å². The van der Waals surface area contributed by atoms with E-state index >= 15 is 0 Å². The van der Waals surface area contributed by atoms with Gasteiger partial charge in [0.1, 0.15) is 11.8 Å². The standard InChI is InChI=1S/C23H26F3N3O2/c1-6-20(22(30)28(3)4)29(14-16-7-10-21(31-5)15(2)11-16)18-9-8-17(13-27)19(12-18)23(24,25)26/h7-12,20H,6,14H2,1-5H3. The molecule has 0 saturated heterocycles. The molecule has 0 radical (unpaired) electrons. The molecular formula is C23H26F3N3O2. The van der Waals surface area contributed by atoms with Gasteiger partial charge in [-0.25, -0.2) is 0 Å². The third-order valence-corrected chi connectivity index (χ3v) is 5.06. The van der Waals surface area contributed by atoms with Crippen molar-refractivity contribution in [3.05, 3.63) is 58.7 Å². The van der Waals surface area contributed by atoms with E-state index in [2.05, 4.69) is 0 Å². The van der Waals surface area contributed by atoms with Gasteiger partial charge in [-0.3, -0.25) is 4.79 Å². The smallest absolute Gasteiger partial charge is 0.417 e. The topological polar surface area (TPSA) is 56.6 Å². The first-order valence-corrected chi connectivity index (χ1v) is 9.76. The predicted octanol–water partition coefficient (Wildman–Crippen LogP) is 4.77. The zero-order chi connectivity index (χ0) is 23.3. The summed E-state index contributed by atoms with van der Waals surface area (Å²) in [6.45, 7) is 3.90. The van der Waals surface area contributed by atoms with E-state index < -0.39 is 23.3 Å². The van der Waals surface area contributed by atoms with Gasteiger partial charge >= 0.3 is 6.18 Å². The first-order chi connectivity index (χ1) is 14.5. The van der Waals surface area contributed by atoms with Crippen LogP contribution in [-0.4, -0.2) is 38.1 Å². The highest BCUT2D eigenvalue weighted by Gasteiger charge is 2.35. The van der Waals surface area contributed by atoms with Crippen LogP contribution in [0.25, 0.3) is 0 Å². The SMILES string of the molecule is CCC(C(=O)N(C)C)N(Cc1ccc(OC)c(C)c1)c1ccc(C#N)c(C(F)(F)F)c1. The van der Waals surface area contributed by atoms with Crippen LogP contribution in [0.4, 0.5) is 18.9 Å². The molecule has 2 aromatic rings. The minimum atomic E-state index is -4.68. The number of anilines is 1. The van der Waals surface area contributed by atoms with Crippen molar-refractivity contribution in [3.8, 4) is 11.8 Å². The summed E-state index contributed by atoms with van der Waals surface area (Å²) in [5.74, 6) is 0.482. The second-order valence-electron chi connectivity index (χ2n) is 7.43. The fraction of sp³-hybridized carbons (Fsp3) is 0.391. The normalized spacial score (nSPS) is 12.1. The second-order valence-corrected chi connectivity index (χ2v) is 7.43. The van der Waals surface area contributed by atoms with Crippen LogP contribution < -0.4 is 9.64 Å². The minimum absolute atomic E-state index is 0.214. The number of likely N-dealkylation sites (N-methyl/N-ethyl adjacent to an activating group) is 1. The van der Waals surface area contributed by atoms with Crippen molar-refractivity contribution in [2.24, 2.45) is 0 Å². The van der Waals surface area contributed by atoms with E-state index in [1.54, 1.807) is 38.2 Å². The van der Waals surface area contributed by atoms with E-state index in [1.165, 1.54) is 11.0 Å². The molecule has 0 saturated carbocycles. The number of alkyl halides is 3. The first kappa shape index (κ1) is 24.1. The Hall–Kier alpha value is -3.21. The van der Waals surface area contributed by atoms with Crippen LogP contribution in [0.3, 0.4) is 0 Å². The van der Waals surface area contributed by atoms with Crippen molar-refractivity contribution >= 4 is 11.6 Å². The van der Waals surface area contributed by atoms with Gasteiger partial charge in [0.15, 0.2) is 0 Å². The van der Waals surface area contributed by atoms with Crippen LogP contribution in [0.2, 0.25) is 0 Å². The Kier molecular flexibility index (Phi) is 7.55. The fourth-order valence-electron chi connectivity index (χ4n) is 3.49. The number of nitrogens with zero attached hydrogens (tertiary/aromatic N) is 3. The number of rotatable bonds is 7. The quantitative estimate of drug-likeness (QED) is 0.631. The molecule has 8 heteroatoms. The van der Waals surface area contributed by atoms with Crippen molar-refractivity contribution < 1.29 is 22.7 Å². The zero-order valence-corrected chi connectivity index (χ0v) is 18.2. The summed E-state index contributed by atoms with van der Waals surface area (Å²) >= 11 is 0. The van der Waals surface area contributed by atoms with Gasteiger partial charge in [0.25, 0.3) is 0 Å². The molecule has 166 valence electrons. The van der Waals surface area contributed by atoms with E-state index in [4.69, 9.17) is 10.00 Å². The molecule has 0 fully saturated rings. The molecule has 1 atom stereocenters. The largest absolute Gasteiger partial charge is 0.496 e. The van der Waals surface area contributed by atoms with Gasteiger partial charge in [-0.1, -0.05) is 19.1 Å². The third kappa shape index (κ3) is 5.48. The number of nitriles is 1. The van der Waals surface area contributed by atoms with Crippen LogP contribution in [-0.2, 0) is 17.5 Å². The molecule has 0 aliphatic heterocycles. The average molecular weight is 433 g/mol. The molecule has 5 nitrogen and oxygen atoms in total. The van der Waals surface area contributed by atoms with E-state index in [1.807, 2.05) is 26.0 Å². The molecule has 2 rings (SSSR count). The van der Waals surface area contributed by atoms with E-state index in [0.717, 1.165) is 23.3 Å². The molecule has 2 aromatic carbocycles. The number of aryl methyl sites for hydroxylation is 1. The zero-order valence-electron chi connectivity index (χ0n) is 18.2. The van der Waals surface area contributed by atoms with Gasteiger partial charge in [-0.05, 0) is 48.7 Å². The van der Waals surface area contributed by atoms with Gasteiger partial charge in [0.2, 0.25) is 5.91 Å². The van der Waals surface area contributed by atoms with Gasteiger partial charge in [0.05, 0.1) is 24.3 Å². The van der Waals surface area contributed by atoms with E-state index in [0.29, 0.717) is 12.2 Å². The van der Waals surface area contributed by atoms with Crippen LogP contribution >= 0.6 is 0 Å². The molecule has 0 bridgehead atoms. The van der Waals surface area contributed by atoms with E-state index in [-0.39, 0.29) is 18.1 Å². The van der Waals surface area contributed by atoms with Crippen molar-refractivity contribution in [2.75, 3.05) is 26.1 Å². The highest BCUT2D eigenvalue weighted by Crippen LogP contribution is 2.35. The number of ether oxygens (including phenoxy) is 1. The maximum absolute atomic E-state index is 13.6.